The lowest BCUT2D eigenvalue weighted by Gasteiger charge is -2.19. The number of hydrogen-bond donors (Lipinski definition) is 0. The van der Waals surface area contributed by atoms with Crippen LogP contribution in [-0.4, -0.2) is 49.8 Å². The van der Waals surface area contributed by atoms with E-state index < -0.39 is 0 Å². The van der Waals surface area contributed by atoms with Crippen molar-refractivity contribution in [1.29, 1.82) is 0 Å². The summed E-state index contributed by atoms with van der Waals surface area (Å²) in [6.07, 6.45) is 4.29. The molecule has 0 radical (unpaired) electrons. The number of aromatic nitrogens is 1. The molecule has 0 N–H and O–H groups in total. The Morgan fingerprint density at radius 1 is 1.09 bits per heavy atom. The van der Waals surface area contributed by atoms with Crippen LogP contribution in [0.4, 0.5) is 5.13 Å². The van der Waals surface area contributed by atoms with Gasteiger partial charge >= 0.3 is 0 Å². The van der Waals surface area contributed by atoms with Crippen molar-refractivity contribution in [1.82, 2.24) is 9.88 Å². The van der Waals surface area contributed by atoms with E-state index in [2.05, 4.69) is 30.9 Å². The maximum absolute atomic E-state index is 13.2. The Morgan fingerprint density at radius 2 is 1.84 bits per heavy atom. The van der Waals surface area contributed by atoms with Gasteiger partial charge in [0.05, 0.1) is 10.2 Å². The third-order valence-corrected chi connectivity index (χ3v) is 6.44. The van der Waals surface area contributed by atoms with E-state index in [0.29, 0.717) is 12.3 Å². The fourth-order valence-electron chi connectivity index (χ4n) is 3.48. The molecule has 0 saturated carbocycles. The van der Waals surface area contributed by atoms with Crippen LogP contribution < -0.4 is 14.4 Å². The van der Waals surface area contributed by atoms with Gasteiger partial charge in [-0.25, -0.2) is 4.98 Å². The predicted octanol–water partition coefficient (Wildman–Crippen LogP) is 5.06. The lowest BCUT2D eigenvalue weighted by molar-refractivity contribution is -0.114. The zero-order chi connectivity index (χ0) is 22.0. The standard InChI is InChI=1S/C24H27N3O3S.ClH/c1-16-6-7-17(2)23-22(16)25-24(31-23)27(13-5-12-26(3)4)21(28)11-9-18-8-10-19-20(14-18)30-15-29-19;/h6-11,14H,5,12-13,15H2,1-4H3;1H. The maximum Gasteiger partial charge on any atom is 0.252 e. The normalized spacial score (nSPS) is 12.5. The molecule has 170 valence electrons. The van der Waals surface area contributed by atoms with E-state index in [1.165, 1.54) is 5.56 Å². The molecule has 0 atom stereocenters. The molecule has 0 bridgehead atoms. The Kier molecular flexibility index (Phi) is 7.77. The first-order valence-corrected chi connectivity index (χ1v) is 11.1. The molecule has 4 rings (SSSR count). The number of halogens is 1. The molecular weight excluding hydrogens is 446 g/mol. The van der Waals surface area contributed by atoms with Crippen molar-refractivity contribution in [3.05, 3.63) is 53.1 Å². The van der Waals surface area contributed by atoms with Gasteiger partial charge in [-0.1, -0.05) is 29.5 Å². The van der Waals surface area contributed by atoms with E-state index in [1.54, 1.807) is 22.3 Å². The number of anilines is 1. The number of carbonyl (C=O) groups excluding carboxylic acids is 1. The smallest absolute Gasteiger partial charge is 0.252 e. The lowest BCUT2D eigenvalue weighted by Crippen LogP contribution is -2.32. The summed E-state index contributed by atoms with van der Waals surface area (Å²) in [6, 6.07) is 9.85. The van der Waals surface area contributed by atoms with Gasteiger partial charge in [-0.05, 0) is 75.8 Å². The summed E-state index contributed by atoms with van der Waals surface area (Å²) in [5.41, 5.74) is 4.17. The fourth-order valence-corrected chi connectivity index (χ4v) is 4.63. The van der Waals surface area contributed by atoms with Crippen LogP contribution in [0.5, 0.6) is 11.5 Å². The number of aryl methyl sites for hydroxylation is 2. The number of thiazole rings is 1. The Bertz CT molecular complexity index is 1100. The molecule has 1 aliphatic heterocycles. The molecule has 0 fully saturated rings. The zero-order valence-corrected chi connectivity index (χ0v) is 20.4. The largest absolute Gasteiger partial charge is 0.454 e. The molecule has 0 spiro atoms. The summed E-state index contributed by atoms with van der Waals surface area (Å²) < 4.78 is 11.9. The van der Waals surface area contributed by atoms with Gasteiger partial charge in [-0.15, -0.1) is 12.4 Å². The van der Waals surface area contributed by atoms with Crippen LogP contribution in [0.15, 0.2) is 36.4 Å². The SMILES string of the molecule is Cc1ccc(C)c2sc(N(CCCN(C)C)C(=O)C=Cc3ccc4c(c3)OCO4)nc12.Cl. The van der Waals surface area contributed by atoms with E-state index in [4.69, 9.17) is 14.5 Å². The minimum atomic E-state index is -0.0780. The van der Waals surface area contributed by atoms with Crippen molar-refractivity contribution < 1.29 is 14.3 Å². The van der Waals surface area contributed by atoms with Crippen molar-refractivity contribution in [2.45, 2.75) is 20.3 Å². The second-order valence-corrected chi connectivity index (χ2v) is 8.94. The molecule has 2 heterocycles. The monoisotopic (exact) mass is 473 g/mol. The van der Waals surface area contributed by atoms with Crippen molar-refractivity contribution in [3.63, 3.8) is 0 Å². The lowest BCUT2D eigenvalue weighted by atomic mass is 10.1. The molecule has 0 unspecified atom stereocenters. The molecule has 0 aliphatic carbocycles. The summed E-state index contributed by atoms with van der Waals surface area (Å²) in [7, 11) is 4.08. The Hall–Kier alpha value is -2.61. The minimum absolute atomic E-state index is 0. The molecule has 0 saturated heterocycles. The first-order valence-electron chi connectivity index (χ1n) is 10.3. The predicted molar refractivity (Wildman–Crippen MR) is 133 cm³/mol. The number of ether oxygens (including phenoxy) is 2. The van der Waals surface area contributed by atoms with Crippen molar-refractivity contribution in [3.8, 4) is 11.5 Å². The third-order valence-electron chi connectivity index (χ3n) is 5.23. The quantitative estimate of drug-likeness (QED) is 0.449. The van der Waals surface area contributed by atoms with Crippen LogP contribution in [0, 0.1) is 13.8 Å². The van der Waals surface area contributed by atoms with Crippen molar-refractivity contribution in [2.75, 3.05) is 38.9 Å². The highest BCUT2D eigenvalue weighted by Gasteiger charge is 2.19. The van der Waals surface area contributed by atoms with Crippen LogP contribution in [0.25, 0.3) is 16.3 Å². The Balaban J connectivity index is 0.00000289. The van der Waals surface area contributed by atoms with Gasteiger partial charge in [0.2, 0.25) is 6.79 Å². The molecule has 32 heavy (non-hydrogen) atoms. The van der Waals surface area contributed by atoms with Gasteiger partial charge in [0, 0.05) is 12.6 Å². The number of hydrogen-bond acceptors (Lipinski definition) is 6. The van der Waals surface area contributed by atoms with Crippen LogP contribution >= 0.6 is 23.7 Å². The summed E-state index contributed by atoms with van der Waals surface area (Å²) in [6.45, 7) is 5.89. The number of carbonyl (C=O) groups is 1. The number of rotatable bonds is 7. The molecule has 8 heteroatoms. The van der Waals surface area contributed by atoms with Gasteiger partial charge in [0.1, 0.15) is 0 Å². The van der Waals surface area contributed by atoms with E-state index >= 15 is 0 Å². The maximum atomic E-state index is 13.2. The van der Waals surface area contributed by atoms with Gasteiger partial charge in [-0.2, -0.15) is 0 Å². The van der Waals surface area contributed by atoms with E-state index in [0.717, 1.165) is 45.2 Å². The minimum Gasteiger partial charge on any atom is -0.454 e. The number of amides is 1. The van der Waals surface area contributed by atoms with Gasteiger partial charge in [0.15, 0.2) is 16.6 Å². The summed E-state index contributed by atoms with van der Waals surface area (Å²) in [4.78, 5) is 22.0. The highest BCUT2D eigenvalue weighted by atomic mass is 35.5. The van der Waals surface area contributed by atoms with Crippen molar-refractivity contribution in [2.24, 2.45) is 0 Å². The average Bonchev–Trinajstić information content (AvgIpc) is 3.39. The van der Waals surface area contributed by atoms with Crippen LogP contribution in [0.1, 0.15) is 23.1 Å². The van der Waals surface area contributed by atoms with Crippen LogP contribution in [0.3, 0.4) is 0 Å². The van der Waals surface area contributed by atoms with Crippen LogP contribution in [-0.2, 0) is 4.79 Å². The molecule has 2 aromatic carbocycles. The summed E-state index contributed by atoms with van der Waals surface area (Å²) >= 11 is 1.58. The van der Waals surface area contributed by atoms with Crippen molar-refractivity contribution >= 4 is 51.1 Å². The van der Waals surface area contributed by atoms with Gasteiger partial charge in [-0.3, -0.25) is 9.69 Å². The number of nitrogens with zero attached hydrogens (tertiary/aromatic N) is 3. The first kappa shape index (κ1) is 24.0. The van der Waals surface area contributed by atoms with Gasteiger partial charge < -0.3 is 14.4 Å². The van der Waals surface area contributed by atoms with E-state index in [-0.39, 0.29) is 25.1 Å². The fraction of sp³-hybridized carbons (Fsp3) is 0.333. The van der Waals surface area contributed by atoms with E-state index in [1.807, 2.05) is 38.4 Å². The molecule has 6 nitrogen and oxygen atoms in total. The second-order valence-electron chi connectivity index (χ2n) is 7.97. The van der Waals surface area contributed by atoms with E-state index in [9.17, 15) is 4.79 Å². The van der Waals surface area contributed by atoms with Gasteiger partial charge in [0.25, 0.3) is 5.91 Å². The second kappa shape index (κ2) is 10.3. The molecular formula is C24H28ClN3O3S. The molecule has 1 amide bonds. The highest BCUT2D eigenvalue weighted by molar-refractivity contribution is 7.22. The third kappa shape index (κ3) is 5.23. The molecule has 3 aromatic rings. The Labute approximate surface area is 198 Å². The molecule has 1 aromatic heterocycles. The Morgan fingerprint density at radius 3 is 2.59 bits per heavy atom. The molecule has 1 aliphatic rings. The average molecular weight is 474 g/mol. The first-order chi connectivity index (χ1) is 14.9. The topological polar surface area (TPSA) is 54.9 Å². The highest BCUT2D eigenvalue weighted by Crippen LogP contribution is 2.34. The number of benzene rings is 2. The summed E-state index contributed by atoms with van der Waals surface area (Å²) in [5, 5.41) is 0.742. The number of fused-ring (bicyclic) bond motifs is 2. The van der Waals surface area contributed by atoms with Crippen LogP contribution in [0.2, 0.25) is 0 Å². The zero-order valence-electron chi connectivity index (χ0n) is 18.8. The summed E-state index contributed by atoms with van der Waals surface area (Å²) in [5.74, 6) is 1.36.